The van der Waals surface area contributed by atoms with Gasteiger partial charge in [-0.05, 0) is 38.8 Å². The van der Waals surface area contributed by atoms with E-state index in [4.69, 9.17) is 5.73 Å². The maximum absolute atomic E-state index is 5.94. The molecule has 4 heteroatoms. The summed E-state index contributed by atoms with van der Waals surface area (Å²) in [6, 6.07) is 0.663. The lowest BCUT2D eigenvalue weighted by Gasteiger charge is -2.39. The number of aromatic nitrogens is 1. The second-order valence-corrected chi connectivity index (χ2v) is 6.33. The Morgan fingerprint density at radius 3 is 2.83 bits per heavy atom. The Bertz CT molecular complexity index is 364. The SMILES string of the molecule is CCN(Cc1csc(C)n1)C1CCCCC1CN. The van der Waals surface area contributed by atoms with E-state index in [1.165, 1.54) is 36.4 Å². The van der Waals surface area contributed by atoms with Crippen LogP contribution < -0.4 is 5.73 Å². The van der Waals surface area contributed by atoms with Crippen LogP contribution in [0.25, 0.3) is 0 Å². The van der Waals surface area contributed by atoms with Crippen molar-refractivity contribution in [1.82, 2.24) is 9.88 Å². The predicted molar refractivity (Wildman–Crippen MR) is 77.7 cm³/mol. The van der Waals surface area contributed by atoms with Crippen LogP contribution in [0, 0.1) is 12.8 Å². The zero-order valence-corrected chi connectivity index (χ0v) is 12.4. The lowest BCUT2D eigenvalue weighted by Crippen LogP contribution is -2.44. The second-order valence-electron chi connectivity index (χ2n) is 5.27. The van der Waals surface area contributed by atoms with E-state index in [2.05, 4.69) is 29.1 Å². The van der Waals surface area contributed by atoms with Crippen molar-refractivity contribution in [1.29, 1.82) is 0 Å². The Balaban J connectivity index is 2.02. The lowest BCUT2D eigenvalue weighted by molar-refractivity contribution is 0.104. The maximum Gasteiger partial charge on any atom is 0.0897 e. The highest BCUT2D eigenvalue weighted by Crippen LogP contribution is 2.28. The van der Waals surface area contributed by atoms with Gasteiger partial charge in [-0.2, -0.15) is 0 Å². The maximum atomic E-state index is 5.94. The topological polar surface area (TPSA) is 42.2 Å². The van der Waals surface area contributed by atoms with E-state index in [-0.39, 0.29) is 0 Å². The molecule has 0 aliphatic heterocycles. The smallest absolute Gasteiger partial charge is 0.0897 e. The van der Waals surface area contributed by atoms with E-state index in [0.29, 0.717) is 12.0 Å². The molecule has 2 unspecified atom stereocenters. The summed E-state index contributed by atoms with van der Waals surface area (Å²) in [5.41, 5.74) is 7.17. The van der Waals surface area contributed by atoms with Crippen molar-refractivity contribution in [3.63, 3.8) is 0 Å². The van der Waals surface area contributed by atoms with Crippen molar-refractivity contribution in [2.24, 2.45) is 11.7 Å². The third kappa shape index (κ3) is 3.31. The van der Waals surface area contributed by atoms with Crippen LogP contribution in [-0.2, 0) is 6.54 Å². The second kappa shape index (κ2) is 6.64. The Hall–Kier alpha value is -0.450. The van der Waals surface area contributed by atoms with Crippen LogP contribution in [0.1, 0.15) is 43.3 Å². The third-order valence-electron chi connectivity index (χ3n) is 4.08. The Morgan fingerprint density at radius 2 is 2.22 bits per heavy atom. The van der Waals surface area contributed by atoms with Gasteiger partial charge in [0.2, 0.25) is 0 Å². The van der Waals surface area contributed by atoms with Gasteiger partial charge in [-0.15, -0.1) is 11.3 Å². The molecule has 0 radical (unpaired) electrons. The normalized spacial score (nSPS) is 24.7. The van der Waals surface area contributed by atoms with E-state index in [1.807, 2.05) is 0 Å². The van der Waals surface area contributed by atoms with E-state index in [9.17, 15) is 0 Å². The van der Waals surface area contributed by atoms with Gasteiger partial charge in [-0.1, -0.05) is 19.8 Å². The summed E-state index contributed by atoms with van der Waals surface area (Å²) in [4.78, 5) is 7.16. The summed E-state index contributed by atoms with van der Waals surface area (Å²) in [6.07, 6.45) is 5.31. The van der Waals surface area contributed by atoms with E-state index >= 15 is 0 Å². The Kier molecular flexibility index (Phi) is 5.15. The number of hydrogen-bond acceptors (Lipinski definition) is 4. The molecule has 0 saturated heterocycles. The molecule has 18 heavy (non-hydrogen) atoms. The number of thiazole rings is 1. The summed E-state index contributed by atoms with van der Waals surface area (Å²) >= 11 is 1.75. The summed E-state index contributed by atoms with van der Waals surface area (Å²) in [7, 11) is 0. The highest BCUT2D eigenvalue weighted by molar-refractivity contribution is 7.09. The minimum Gasteiger partial charge on any atom is -0.330 e. The molecule has 1 fully saturated rings. The monoisotopic (exact) mass is 267 g/mol. The first-order valence-corrected chi connectivity index (χ1v) is 7.97. The predicted octanol–water partition coefficient (Wildman–Crippen LogP) is 2.79. The summed E-state index contributed by atoms with van der Waals surface area (Å²) in [6.45, 7) is 7.24. The minimum atomic E-state index is 0.663. The summed E-state index contributed by atoms with van der Waals surface area (Å²) < 4.78 is 0. The molecule has 2 N–H and O–H groups in total. The molecular weight excluding hydrogens is 242 g/mol. The van der Waals surface area contributed by atoms with Gasteiger partial charge >= 0.3 is 0 Å². The molecule has 0 amide bonds. The molecule has 0 bridgehead atoms. The summed E-state index contributed by atoms with van der Waals surface area (Å²) in [5, 5.41) is 3.36. The van der Waals surface area contributed by atoms with Crippen LogP contribution in [0.15, 0.2) is 5.38 Å². The number of nitrogens with two attached hydrogens (primary N) is 1. The van der Waals surface area contributed by atoms with Gasteiger partial charge in [0.15, 0.2) is 0 Å². The van der Waals surface area contributed by atoms with E-state index in [1.54, 1.807) is 11.3 Å². The molecule has 1 aromatic heterocycles. The molecule has 0 spiro atoms. The highest BCUT2D eigenvalue weighted by atomic mass is 32.1. The van der Waals surface area contributed by atoms with Crippen LogP contribution in [0.3, 0.4) is 0 Å². The average molecular weight is 267 g/mol. The zero-order chi connectivity index (χ0) is 13.0. The van der Waals surface area contributed by atoms with Crippen molar-refractivity contribution in [2.75, 3.05) is 13.1 Å². The van der Waals surface area contributed by atoms with Crippen molar-refractivity contribution in [2.45, 2.75) is 52.1 Å². The molecule has 1 heterocycles. The zero-order valence-electron chi connectivity index (χ0n) is 11.6. The number of hydrogen-bond donors (Lipinski definition) is 1. The first-order chi connectivity index (χ1) is 8.74. The van der Waals surface area contributed by atoms with Gasteiger partial charge in [0.05, 0.1) is 10.7 Å². The number of rotatable bonds is 5. The molecule has 1 aliphatic rings. The van der Waals surface area contributed by atoms with Gasteiger partial charge in [0.1, 0.15) is 0 Å². The van der Waals surface area contributed by atoms with Gasteiger partial charge < -0.3 is 5.73 Å². The van der Waals surface area contributed by atoms with Crippen molar-refractivity contribution < 1.29 is 0 Å². The van der Waals surface area contributed by atoms with Gasteiger partial charge in [0, 0.05) is 18.0 Å². The largest absolute Gasteiger partial charge is 0.330 e. The van der Waals surface area contributed by atoms with Crippen LogP contribution in [0.2, 0.25) is 0 Å². The Morgan fingerprint density at radius 1 is 1.44 bits per heavy atom. The third-order valence-corrected chi connectivity index (χ3v) is 4.90. The summed E-state index contributed by atoms with van der Waals surface area (Å²) in [5.74, 6) is 0.679. The van der Waals surface area contributed by atoms with Crippen LogP contribution in [-0.4, -0.2) is 29.0 Å². The van der Waals surface area contributed by atoms with E-state index < -0.39 is 0 Å². The molecular formula is C14H25N3S. The van der Waals surface area contributed by atoms with Crippen LogP contribution >= 0.6 is 11.3 Å². The van der Waals surface area contributed by atoms with Crippen LogP contribution in [0.4, 0.5) is 0 Å². The quantitative estimate of drug-likeness (QED) is 0.892. The molecule has 1 saturated carbocycles. The standard InChI is InChI=1S/C14H25N3S/c1-3-17(9-13-10-18-11(2)16-13)14-7-5-4-6-12(14)8-15/h10,12,14H,3-9,15H2,1-2H3. The van der Waals surface area contributed by atoms with Gasteiger partial charge in [-0.3, -0.25) is 4.90 Å². The molecule has 102 valence electrons. The fourth-order valence-electron chi connectivity index (χ4n) is 3.10. The van der Waals surface area contributed by atoms with Gasteiger partial charge in [0.25, 0.3) is 0 Å². The fourth-order valence-corrected chi connectivity index (χ4v) is 3.70. The molecule has 2 atom stereocenters. The van der Waals surface area contributed by atoms with Crippen molar-refractivity contribution >= 4 is 11.3 Å². The Labute approximate surface area is 114 Å². The van der Waals surface area contributed by atoms with Crippen molar-refractivity contribution in [3.05, 3.63) is 16.1 Å². The first-order valence-electron chi connectivity index (χ1n) is 7.09. The molecule has 3 nitrogen and oxygen atoms in total. The first kappa shape index (κ1) is 14.0. The molecule has 2 rings (SSSR count). The highest BCUT2D eigenvalue weighted by Gasteiger charge is 2.28. The van der Waals surface area contributed by atoms with E-state index in [0.717, 1.165) is 19.6 Å². The minimum absolute atomic E-state index is 0.663. The van der Waals surface area contributed by atoms with Crippen molar-refractivity contribution in [3.8, 4) is 0 Å². The molecule has 1 aromatic rings. The molecule has 0 aromatic carbocycles. The van der Waals surface area contributed by atoms with Crippen LogP contribution in [0.5, 0.6) is 0 Å². The number of aryl methyl sites for hydroxylation is 1. The lowest BCUT2D eigenvalue weighted by atomic mass is 9.83. The van der Waals surface area contributed by atoms with Gasteiger partial charge in [-0.25, -0.2) is 4.98 Å². The number of nitrogens with zero attached hydrogens (tertiary/aromatic N) is 2. The molecule has 1 aliphatic carbocycles. The average Bonchev–Trinajstić information content (AvgIpc) is 2.81. The fraction of sp³-hybridized carbons (Fsp3) is 0.786.